The van der Waals surface area contributed by atoms with Crippen molar-refractivity contribution in [3.63, 3.8) is 0 Å². The molecule has 154 valence electrons. The molecule has 0 radical (unpaired) electrons. The smallest absolute Gasteiger partial charge is 0.242 e. The van der Waals surface area contributed by atoms with E-state index in [-0.39, 0.29) is 42.0 Å². The summed E-state index contributed by atoms with van der Waals surface area (Å²) in [6, 6.07) is 14.2. The predicted octanol–water partition coefficient (Wildman–Crippen LogP) is 3.31. The Kier molecular flexibility index (Phi) is 10.1. The number of rotatable bonds is 7. The van der Waals surface area contributed by atoms with Crippen molar-refractivity contribution in [1.29, 1.82) is 0 Å². The molecule has 0 aliphatic heterocycles. The lowest BCUT2D eigenvalue weighted by atomic mass is 10.1. The number of fused-ring (bicyclic) bond motifs is 1. The van der Waals surface area contributed by atoms with Gasteiger partial charge in [0.2, 0.25) is 5.91 Å². The number of hydrogen-bond donors (Lipinski definition) is 3. The molecule has 7 heteroatoms. The fourth-order valence-electron chi connectivity index (χ4n) is 2.60. The standard InChI is InChI=1S/C21H30N4O2.HI/c1-5-22-20(24-15-19(26)25-21(2,3)4)23-13-14-27-18-12-8-10-16-9-6-7-11-17(16)18;/h6-12H,5,13-15H2,1-4H3,(H,25,26)(H2,22,23,24);1H. The molecule has 0 heterocycles. The summed E-state index contributed by atoms with van der Waals surface area (Å²) in [6.07, 6.45) is 0. The number of nitrogens with one attached hydrogen (secondary N) is 3. The zero-order valence-electron chi connectivity index (χ0n) is 17.0. The Morgan fingerprint density at radius 3 is 2.50 bits per heavy atom. The highest BCUT2D eigenvalue weighted by atomic mass is 127. The van der Waals surface area contributed by atoms with Crippen molar-refractivity contribution >= 4 is 46.6 Å². The summed E-state index contributed by atoms with van der Waals surface area (Å²) >= 11 is 0. The van der Waals surface area contributed by atoms with E-state index in [1.54, 1.807) is 0 Å². The van der Waals surface area contributed by atoms with Gasteiger partial charge < -0.3 is 20.7 Å². The Balaban J connectivity index is 0.00000392. The maximum absolute atomic E-state index is 11.9. The summed E-state index contributed by atoms with van der Waals surface area (Å²) in [6.45, 7) is 9.70. The number of ether oxygens (including phenoxy) is 1. The van der Waals surface area contributed by atoms with E-state index in [0.717, 1.165) is 23.1 Å². The molecule has 0 aliphatic rings. The Bertz CT molecular complexity index is 782. The van der Waals surface area contributed by atoms with Crippen LogP contribution in [0.3, 0.4) is 0 Å². The van der Waals surface area contributed by atoms with Gasteiger partial charge in [0.05, 0.1) is 6.54 Å². The first-order valence-corrected chi connectivity index (χ1v) is 9.33. The molecule has 0 saturated carbocycles. The van der Waals surface area contributed by atoms with Crippen LogP contribution in [0.5, 0.6) is 5.75 Å². The average Bonchev–Trinajstić information content (AvgIpc) is 2.61. The first-order valence-electron chi connectivity index (χ1n) is 9.33. The average molecular weight is 498 g/mol. The summed E-state index contributed by atoms with van der Waals surface area (Å²) in [4.78, 5) is 16.2. The minimum atomic E-state index is -0.259. The molecule has 0 aromatic heterocycles. The van der Waals surface area contributed by atoms with Crippen LogP contribution < -0.4 is 20.7 Å². The van der Waals surface area contributed by atoms with Gasteiger partial charge in [0, 0.05) is 17.5 Å². The van der Waals surface area contributed by atoms with Gasteiger partial charge in [-0.25, -0.2) is 4.99 Å². The lowest BCUT2D eigenvalue weighted by Gasteiger charge is -2.20. The van der Waals surface area contributed by atoms with Crippen molar-refractivity contribution in [3.05, 3.63) is 42.5 Å². The molecule has 0 atom stereocenters. The van der Waals surface area contributed by atoms with E-state index >= 15 is 0 Å². The summed E-state index contributed by atoms with van der Waals surface area (Å²) in [5.41, 5.74) is -0.259. The largest absolute Gasteiger partial charge is 0.491 e. The van der Waals surface area contributed by atoms with Crippen LogP contribution in [0.25, 0.3) is 10.8 Å². The fraction of sp³-hybridized carbons (Fsp3) is 0.429. The number of carbonyl (C=O) groups excluding carboxylic acids is 1. The van der Waals surface area contributed by atoms with Gasteiger partial charge in [-0.3, -0.25) is 4.79 Å². The van der Waals surface area contributed by atoms with Gasteiger partial charge in [0.25, 0.3) is 0 Å². The third-order valence-corrected chi connectivity index (χ3v) is 3.64. The highest BCUT2D eigenvalue weighted by molar-refractivity contribution is 14.0. The van der Waals surface area contributed by atoms with E-state index in [9.17, 15) is 4.79 Å². The van der Waals surface area contributed by atoms with Gasteiger partial charge in [0.1, 0.15) is 18.9 Å². The van der Waals surface area contributed by atoms with E-state index in [4.69, 9.17) is 4.74 Å². The maximum Gasteiger partial charge on any atom is 0.242 e. The highest BCUT2D eigenvalue weighted by Gasteiger charge is 2.13. The van der Waals surface area contributed by atoms with Gasteiger partial charge in [-0.15, -0.1) is 24.0 Å². The molecule has 6 nitrogen and oxygen atoms in total. The van der Waals surface area contributed by atoms with Crippen LogP contribution in [0, 0.1) is 0 Å². The molecule has 28 heavy (non-hydrogen) atoms. The fourth-order valence-corrected chi connectivity index (χ4v) is 2.60. The minimum Gasteiger partial charge on any atom is -0.491 e. The number of hydrogen-bond acceptors (Lipinski definition) is 3. The normalized spacial score (nSPS) is 11.5. The Hall–Kier alpha value is -2.03. The number of halogens is 1. The van der Waals surface area contributed by atoms with E-state index in [1.165, 1.54) is 0 Å². The van der Waals surface area contributed by atoms with Gasteiger partial charge in [-0.2, -0.15) is 0 Å². The van der Waals surface area contributed by atoms with Gasteiger partial charge >= 0.3 is 0 Å². The molecule has 3 N–H and O–H groups in total. The minimum absolute atomic E-state index is 0. The van der Waals surface area contributed by atoms with Gasteiger partial charge in [-0.1, -0.05) is 36.4 Å². The molecule has 2 rings (SSSR count). The van der Waals surface area contributed by atoms with Crippen molar-refractivity contribution in [3.8, 4) is 5.75 Å². The highest BCUT2D eigenvalue weighted by Crippen LogP contribution is 2.24. The van der Waals surface area contributed by atoms with Crippen LogP contribution in [-0.2, 0) is 4.79 Å². The zero-order valence-corrected chi connectivity index (χ0v) is 19.4. The summed E-state index contributed by atoms with van der Waals surface area (Å²) in [5, 5.41) is 11.5. The second-order valence-corrected chi connectivity index (χ2v) is 7.25. The van der Waals surface area contributed by atoms with Crippen LogP contribution >= 0.6 is 24.0 Å². The molecule has 1 amide bonds. The number of carbonyl (C=O) groups is 1. The van der Waals surface area contributed by atoms with Crippen LogP contribution in [-0.4, -0.2) is 43.6 Å². The molecule has 0 bridgehead atoms. The monoisotopic (exact) mass is 498 g/mol. The lowest BCUT2D eigenvalue weighted by molar-refractivity contribution is -0.121. The number of benzene rings is 2. The van der Waals surface area contributed by atoms with Crippen LogP contribution in [0.4, 0.5) is 0 Å². The third-order valence-electron chi connectivity index (χ3n) is 3.64. The summed E-state index contributed by atoms with van der Waals surface area (Å²) < 4.78 is 5.91. The summed E-state index contributed by atoms with van der Waals surface area (Å²) in [5.74, 6) is 1.36. The zero-order chi connectivity index (χ0) is 19.7. The Morgan fingerprint density at radius 1 is 1.07 bits per heavy atom. The topological polar surface area (TPSA) is 74.8 Å². The molecular formula is C21H31IN4O2. The quantitative estimate of drug-likeness (QED) is 0.237. The number of aliphatic imine (C=N–C) groups is 1. The van der Waals surface area contributed by atoms with E-state index in [0.29, 0.717) is 19.1 Å². The molecule has 2 aromatic carbocycles. The van der Waals surface area contributed by atoms with Crippen LogP contribution in [0.1, 0.15) is 27.7 Å². The van der Waals surface area contributed by atoms with Gasteiger partial charge in [0.15, 0.2) is 5.96 Å². The molecule has 0 fully saturated rings. The van der Waals surface area contributed by atoms with Crippen molar-refractivity contribution in [2.24, 2.45) is 4.99 Å². The maximum atomic E-state index is 11.9. The molecule has 0 unspecified atom stereocenters. The van der Waals surface area contributed by atoms with Crippen molar-refractivity contribution in [2.75, 3.05) is 26.2 Å². The molecule has 0 spiro atoms. The second-order valence-electron chi connectivity index (χ2n) is 7.25. The van der Waals surface area contributed by atoms with Crippen molar-refractivity contribution < 1.29 is 9.53 Å². The first kappa shape index (κ1) is 24.0. The van der Waals surface area contributed by atoms with E-state index in [2.05, 4.69) is 39.1 Å². The predicted molar refractivity (Wildman–Crippen MR) is 127 cm³/mol. The summed E-state index contributed by atoms with van der Waals surface area (Å²) in [7, 11) is 0. The van der Waals surface area contributed by atoms with Crippen LogP contribution in [0.15, 0.2) is 47.5 Å². The van der Waals surface area contributed by atoms with Crippen molar-refractivity contribution in [1.82, 2.24) is 16.0 Å². The Morgan fingerprint density at radius 2 is 1.79 bits per heavy atom. The van der Waals surface area contributed by atoms with E-state index < -0.39 is 0 Å². The van der Waals surface area contributed by atoms with Crippen molar-refractivity contribution in [2.45, 2.75) is 33.2 Å². The number of amides is 1. The Labute approximate surface area is 184 Å². The second kappa shape index (κ2) is 11.7. The SMILES string of the molecule is CCNC(=NCC(=O)NC(C)(C)C)NCCOc1cccc2ccccc12.I. The number of guanidine groups is 1. The third kappa shape index (κ3) is 8.33. The lowest BCUT2D eigenvalue weighted by Crippen LogP contribution is -2.43. The van der Waals surface area contributed by atoms with Gasteiger partial charge in [-0.05, 0) is 39.1 Å². The molecule has 0 aliphatic carbocycles. The molecular weight excluding hydrogens is 467 g/mol. The first-order chi connectivity index (χ1) is 12.9. The van der Waals surface area contributed by atoms with E-state index in [1.807, 2.05) is 52.0 Å². The molecule has 2 aromatic rings. The molecule has 0 saturated heterocycles. The number of nitrogens with zero attached hydrogens (tertiary/aromatic N) is 1. The van der Waals surface area contributed by atoms with Crippen LogP contribution in [0.2, 0.25) is 0 Å².